The van der Waals surface area contributed by atoms with Crippen LogP contribution in [-0.2, 0) is 4.79 Å². The average Bonchev–Trinajstić information content (AvgIpc) is 3.28. The number of rotatable bonds is 7. The highest BCUT2D eigenvalue weighted by Gasteiger charge is 2.20. The number of aromatic nitrogens is 2. The maximum Gasteiger partial charge on any atom is 0.254 e. The monoisotopic (exact) mass is 510 g/mol. The van der Waals surface area contributed by atoms with Crippen molar-refractivity contribution in [1.29, 1.82) is 0 Å². The van der Waals surface area contributed by atoms with E-state index in [-0.39, 0.29) is 12.5 Å². The van der Waals surface area contributed by atoms with Crippen LogP contribution in [0.1, 0.15) is 17.3 Å². The molecule has 0 saturated carbocycles. The maximum atomic E-state index is 13.2. The molecule has 178 valence electrons. The van der Waals surface area contributed by atoms with Gasteiger partial charge in [-0.1, -0.05) is 53.5 Å². The summed E-state index contributed by atoms with van der Waals surface area (Å²) >= 11 is 12.3. The van der Waals surface area contributed by atoms with Crippen LogP contribution < -0.4 is 5.32 Å². The first kappa shape index (κ1) is 24.4. The summed E-state index contributed by atoms with van der Waals surface area (Å²) in [5.74, 6) is -0.821. The molecule has 4 aromatic rings. The maximum absolute atomic E-state index is 13.2. The van der Waals surface area contributed by atoms with Crippen LogP contribution >= 0.6 is 23.2 Å². The number of benzene rings is 3. The van der Waals surface area contributed by atoms with E-state index in [1.165, 1.54) is 29.2 Å². The zero-order valence-electron chi connectivity index (χ0n) is 18.7. The van der Waals surface area contributed by atoms with Gasteiger partial charge in [-0.15, -0.1) is 0 Å². The normalized spacial score (nSPS) is 10.7. The second kappa shape index (κ2) is 10.7. The number of likely N-dealkylation sites (N-methyl/N-ethyl adjacent to an activating group) is 1. The molecule has 0 aliphatic rings. The van der Waals surface area contributed by atoms with Gasteiger partial charge in [0.1, 0.15) is 18.2 Å². The van der Waals surface area contributed by atoms with Gasteiger partial charge in [0, 0.05) is 23.7 Å². The van der Waals surface area contributed by atoms with E-state index in [2.05, 4.69) is 10.4 Å². The molecule has 0 atom stereocenters. The first-order chi connectivity index (χ1) is 16.9. The molecular weight excluding hydrogens is 490 g/mol. The third-order valence-electron chi connectivity index (χ3n) is 5.29. The zero-order valence-corrected chi connectivity index (χ0v) is 20.2. The minimum atomic E-state index is -0.438. The Kier molecular flexibility index (Phi) is 7.48. The molecule has 35 heavy (non-hydrogen) atoms. The van der Waals surface area contributed by atoms with E-state index in [0.29, 0.717) is 39.4 Å². The van der Waals surface area contributed by atoms with Gasteiger partial charge in [-0.25, -0.2) is 9.07 Å². The highest BCUT2D eigenvalue weighted by atomic mass is 35.5. The molecular formula is C26H21Cl2FN4O2. The number of anilines is 1. The summed E-state index contributed by atoms with van der Waals surface area (Å²) in [5, 5.41) is 8.24. The minimum absolute atomic E-state index is 0.195. The van der Waals surface area contributed by atoms with E-state index >= 15 is 0 Å². The molecule has 1 N–H and O–H groups in total. The van der Waals surface area contributed by atoms with Crippen LogP contribution in [0.25, 0.3) is 16.9 Å². The molecule has 9 heteroatoms. The van der Waals surface area contributed by atoms with Crippen LogP contribution in [0.3, 0.4) is 0 Å². The second-order valence-corrected chi connectivity index (χ2v) is 8.48. The Morgan fingerprint density at radius 2 is 1.69 bits per heavy atom. The standard InChI is InChI=1S/C26H21Cl2FN4O2/c1-2-32(26(35)18-8-10-19(29)11-9-18)16-25(34)30-24-15-23(17-6-4-3-5-7-17)31-33(24)20-12-13-21(27)22(28)14-20/h3-15H,2,16H2,1H3,(H,30,34). The molecule has 1 heterocycles. The van der Waals surface area contributed by atoms with E-state index in [9.17, 15) is 14.0 Å². The van der Waals surface area contributed by atoms with Crippen LogP contribution in [0, 0.1) is 5.82 Å². The Hall–Kier alpha value is -3.68. The van der Waals surface area contributed by atoms with Crippen LogP contribution in [0.5, 0.6) is 0 Å². The molecule has 0 radical (unpaired) electrons. The number of carbonyl (C=O) groups is 2. The van der Waals surface area contributed by atoms with Crippen molar-refractivity contribution in [3.05, 3.63) is 100 Å². The number of amides is 2. The summed E-state index contributed by atoms with van der Waals surface area (Å²) in [6.45, 7) is 1.87. The van der Waals surface area contributed by atoms with Crippen LogP contribution in [0.15, 0.2) is 78.9 Å². The van der Waals surface area contributed by atoms with Crippen molar-refractivity contribution >= 4 is 40.8 Å². The summed E-state index contributed by atoms with van der Waals surface area (Å²) in [6, 6.07) is 21.5. The molecule has 0 saturated heterocycles. The van der Waals surface area contributed by atoms with Gasteiger partial charge in [0.05, 0.1) is 21.4 Å². The molecule has 0 bridgehead atoms. The Labute approximate surface area is 211 Å². The van der Waals surface area contributed by atoms with Gasteiger partial charge < -0.3 is 10.2 Å². The smallest absolute Gasteiger partial charge is 0.254 e. The molecule has 0 spiro atoms. The van der Waals surface area contributed by atoms with Gasteiger partial charge in [-0.2, -0.15) is 5.10 Å². The largest absolute Gasteiger partial charge is 0.330 e. The molecule has 0 fully saturated rings. The Morgan fingerprint density at radius 3 is 2.34 bits per heavy atom. The summed E-state index contributed by atoms with van der Waals surface area (Å²) in [5.41, 5.74) is 2.41. The van der Waals surface area contributed by atoms with E-state index in [4.69, 9.17) is 23.2 Å². The van der Waals surface area contributed by atoms with Crippen LogP contribution in [-0.4, -0.2) is 39.6 Å². The molecule has 3 aromatic carbocycles. The van der Waals surface area contributed by atoms with E-state index < -0.39 is 11.7 Å². The number of carbonyl (C=O) groups excluding carboxylic acids is 2. The third-order valence-corrected chi connectivity index (χ3v) is 6.03. The predicted molar refractivity (Wildman–Crippen MR) is 136 cm³/mol. The van der Waals surface area contributed by atoms with E-state index in [1.54, 1.807) is 35.9 Å². The van der Waals surface area contributed by atoms with Crippen molar-refractivity contribution in [2.45, 2.75) is 6.92 Å². The lowest BCUT2D eigenvalue weighted by molar-refractivity contribution is -0.116. The molecule has 2 amide bonds. The molecule has 0 aliphatic carbocycles. The average molecular weight is 511 g/mol. The second-order valence-electron chi connectivity index (χ2n) is 7.67. The molecule has 4 rings (SSSR count). The first-order valence-electron chi connectivity index (χ1n) is 10.8. The Balaban J connectivity index is 1.60. The number of hydrogen-bond donors (Lipinski definition) is 1. The lowest BCUT2D eigenvalue weighted by Crippen LogP contribution is -2.38. The molecule has 0 unspecified atom stereocenters. The number of hydrogen-bond acceptors (Lipinski definition) is 3. The first-order valence-corrected chi connectivity index (χ1v) is 11.6. The SMILES string of the molecule is CCN(CC(=O)Nc1cc(-c2ccccc2)nn1-c1ccc(Cl)c(Cl)c1)C(=O)c1ccc(F)cc1. The number of nitrogens with one attached hydrogen (secondary N) is 1. The zero-order chi connectivity index (χ0) is 24.9. The summed E-state index contributed by atoms with van der Waals surface area (Å²) < 4.78 is 14.8. The molecule has 0 aliphatic heterocycles. The highest BCUT2D eigenvalue weighted by molar-refractivity contribution is 6.42. The van der Waals surface area contributed by atoms with Crippen molar-refractivity contribution in [2.24, 2.45) is 0 Å². The van der Waals surface area contributed by atoms with Gasteiger partial charge in [-0.05, 0) is 49.4 Å². The molecule has 6 nitrogen and oxygen atoms in total. The molecule has 1 aromatic heterocycles. The van der Waals surface area contributed by atoms with Gasteiger partial charge in [-0.3, -0.25) is 9.59 Å². The fourth-order valence-electron chi connectivity index (χ4n) is 3.49. The van der Waals surface area contributed by atoms with Crippen molar-refractivity contribution in [2.75, 3.05) is 18.4 Å². The van der Waals surface area contributed by atoms with Crippen molar-refractivity contribution in [3.63, 3.8) is 0 Å². The highest BCUT2D eigenvalue weighted by Crippen LogP contribution is 2.29. The van der Waals surface area contributed by atoms with Crippen molar-refractivity contribution in [1.82, 2.24) is 14.7 Å². The van der Waals surface area contributed by atoms with Crippen molar-refractivity contribution < 1.29 is 14.0 Å². The van der Waals surface area contributed by atoms with Gasteiger partial charge in [0.2, 0.25) is 5.91 Å². The fraction of sp³-hybridized carbons (Fsp3) is 0.115. The number of halogens is 3. The fourth-order valence-corrected chi connectivity index (χ4v) is 3.78. The van der Waals surface area contributed by atoms with Crippen molar-refractivity contribution in [3.8, 4) is 16.9 Å². The lowest BCUT2D eigenvalue weighted by atomic mass is 10.1. The van der Waals surface area contributed by atoms with Crippen LogP contribution in [0.2, 0.25) is 10.0 Å². The Morgan fingerprint density at radius 1 is 0.971 bits per heavy atom. The number of nitrogens with zero attached hydrogens (tertiary/aromatic N) is 3. The van der Waals surface area contributed by atoms with Gasteiger partial charge in [0.15, 0.2) is 0 Å². The van der Waals surface area contributed by atoms with Gasteiger partial charge in [0.25, 0.3) is 5.91 Å². The van der Waals surface area contributed by atoms with Gasteiger partial charge >= 0.3 is 0 Å². The van der Waals surface area contributed by atoms with E-state index in [1.807, 2.05) is 30.3 Å². The predicted octanol–water partition coefficient (Wildman–Crippen LogP) is 6.09. The lowest BCUT2D eigenvalue weighted by Gasteiger charge is -2.20. The minimum Gasteiger partial charge on any atom is -0.330 e. The summed E-state index contributed by atoms with van der Waals surface area (Å²) in [6.07, 6.45) is 0. The Bertz CT molecular complexity index is 1360. The quantitative estimate of drug-likeness (QED) is 0.327. The topological polar surface area (TPSA) is 67.2 Å². The summed E-state index contributed by atoms with van der Waals surface area (Å²) in [4.78, 5) is 27.1. The third kappa shape index (κ3) is 5.70. The van der Waals surface area contributed by atoms with Crippen LogP contribution in [0.4, 0.5) is 10.2 Å². The summed E-state index contributed by atoms with van der Waals surface area (Å²) in [7, 11) is 0. The van der Waals surface area contributed by atoms with E-state index in [0.717, 1.165) is 5.56 Å².